The van der Waals surface area contributed by atoms with Gasteiger partial charge in [-0.25, -0.2) is 0 Å². The van der Waals surface area contributed by atoms with Gasteiger partial charge < -0.3 is 5.11 Å². The van der Waals surface area contributed by atoms with Crippen LogP contribution in [-0.4, -0.2) is 42.0 Å². The van der Waals surface area contributed by atoms with E-state index in [9.17, 15) is 9.90 Å². The lowest BCUT2D eigenvalue weighted by Gasteiger charge is -2.17. The standard InChI is InChI=1S/C12H15Cl2NO2/c1-8(16)6-15(2)7-12(17)10-4-3-9(13)5-11(10)14/h3-5,8,16H,6-7H2,1-2H3. The van der Waals surface area contributed by atoms with E-state index < -0.39 is 6.10 Å². The number of halogens is 2. The minimum atomic E-state index is -0.464. The Balaban J connectivity index is 2.70. The van der Waals surface area contributed by atoms with Gasteiger partial charge in [0.2, 0.25) is 0 Å². The maximum absolute atomic E-state index is 11.9. The second kappa shape index (κ2) is 6.36. The molecule has 1 aromatic rings. The quantitative estimate of drug-likeness (QED) is 0.840. The Morgan fingerprint density at radius 3 is 2.65 bits per heavy atom. The fourth-order valence-electron chi connectivity index (χ4n) is 1.56. The fraction of sp³-hybridized carbons (Fsp3) is 0.417. The van der Waals surface area contributed by atoms with E-state index in [1.807, 2.05) is 0 Å². The van der Waals surface area contributed by atoms with Gasteiger partial charge in [0.25, 0.3) is 0 Å². The summed E-state index contributed by atoms with van der Waals surface area (Å²) in [6.07, 6.45) is -0.464. The first-order valence-corrected chi connectivity index (χ1v) is 6.00. The molecule has 0 saturated heterocycles. The summed E-state index contributed by atoms with van der Waals surface area (Å²) < 4.78 is 0. The van der Waals surface area contributed by atoms with E-state index in [-0.39, 0.29) is 12.3 Å². The van der Waals surface area contributed by atoms with Crippen molar-refractivity contribution < 1.29 is 9.90 Å². The van der Waals surface area contributed by atoms with Crippen molar-refractivity contribution in [3.63, 3.8) is 0 Å². The van der Waals surface area contributed by atoms with E-state index in [1.165, 1.54) is 0 Å². The highest BCUT2D eigenvalue weighted by atomic mass is 35.5. The van der Waals surface area contributed by atoms with Gasteiger partial charge in [0.1, 0.15) is 0 Å². The Hall–Kier alpha value is -0.610. The summed E-state index contributed by atoms with van der Waals surface area (Å²) in [5, 5.41) is 10.1. The van der Waals surface area contributed by atoms with Gasteiger partial charge in [0.05, 0.1) is 17.7 Å². The Labute approximate surface area is 111 Å². The molecule has 3 nitrogen and oxygen atoms in total. The van der Waals surface area contributed by atoms with E-state index in [0.717, 1.165) is 0 Å². The highest BCUT2D eigenvalue weighted by Crippen LogP contribution is 2.21. The summed E-state index contributed by atoms with van der Waals surface area (Å²) in [5.74, 6) is -0.0881. The molecule has 1 rings (SSSR count). The van der Waals surface area contributed by atoms with Crippen molar-refractivity contribution in [1.29, 1.82) is 0 Å². The Kier molecular flexibility index (Phi) is 5.40. The van der Waals surface area contributed by atoms with Crippen LogP contribution < -0.4 is 0 Å². The van der Waals surface area contributed by atoms with Crippen LogP contribution in [0.4, 0.5) is 0 Å². The summed E-state index contributed by atoms with van der Waals surface area (Å²) in [5.41, 5.74) is 0.452. The third-order valence-corrected chi connectivity index (χ3v) is 2.77. The van der Waals surface area contributed by atoms with Gasteiger partial charge in [-0.1, -0.05) is 23.2 Å². The highest BCUT2D eigenvalue weighted by molar-refractivity contribution is 6.36. The molecular formula is C12H15Cl2NO2. The minimum Gasteiger partial charge on any atom is -0.392 e. The number of Topliss-reactive ketones (excluding diaryl/α,β-unsaturated/α-hetero) is 1. The highest BCUT2D eigenvalue weighted by Gasteiger charge is 2.13. The number of carbonyl (C=O) groups is 1. The number of carbonyl (C=O) groups excluding carboxylic acids is 1. The molecule has 0 spiro atoms. The van der Waals surface area contributed by atoms with Gasteiger partial charge in [-0.15, -0.1) is 0 Å². The number of nitrogens with zero attached hydrogens (tertiary/aromatic N) is 1. The van der Waals surface area contributed by atoms with Crippen molar-refractivity contribution >= 4 is 29.0 Å². The van der Waals surface area contributed by atoms with Crippen molar-refractivity contribution in [2.45, 2.75) is 13.0 Å². The van der Waals surface area contributed by atoms with Crippen LogP contribution in [0, 0.1) is 0 Å². The second-order valence-corrected chi connectivity index (χ2v) is 4.94. The Morgan fingerprint density at radius 2 is 2.12 bits per heavy atom. The average Bonchev–Trinajstić information content (AvgIpc) is 2.15. The van der Waals surface area contributed by atoms with E-state index in [0.29, 0.717) is 22.2 Å². The first kappa shape index (κ1) is 14.5. The van der Waals surface area contributed by atoms with E-state index in [1.54, 1.807) is 37.1 Å². The van der Waals surface area contributed by atoms with Crippen LogP contribution in [0.3, 0.4) is 0 Å². The number of hydrogen-bond donors (Lipinski definition) is 1. The number of aliphatic hydroxyl groups excluding tert-OH is 1. The molecule has 0 amide bonds. The maximum atomic E-state index is 11.9. The maximum Gasteiger partial charge on any atom is 0.178 e. The molecular weight excluding hydrogens is 261 g/mol. The van der Waals surface area contributed by atoms with Crippen molar-refractivity contribution in [2.24, 2.45) is 0 Å². The lowest BCUT2D eigenvalue weighted by Crippen LogP contribution is -2.32. The van der Waals surface area contributed by atoms with Gasteiger partial charge in [0, 0.05) is 17.1 Å². The van der Waals surface area contributed by atoms with E-state index >= 15 is 0 Å². The van der Waals surface area contributed by atoms with Crippen LogP contribution in [0.2, 0.25) is 10.0 Å². The first-order chi connectivity index (χ1) is 7.90. The van der Waals surface area contributed by atoms with Crippen LogP contribution in [0.25, 0.3) is 0 Å². The third-order valence-electron chi connectivity index (χ3n) is 2.22. The number of likely N-dealkylation sites (N-methyl/N-ethyl adjacent to an activating group) is 1. The number of rotatable bonds is 5. The van der Waals surface area contributed by atoms with Gasteiger partial charge in [-0.05, 0) is 32.2 Å². The molecule has 0 fully saturated rings. The number of aliphatic hydroxyl groups is 1. The Morgan fingerprint density at radius 1 is 1.47 bits per heavy atom. The third kappa shape index (κ3) is 4.64. The van der Waals surface area contributed by atoms with Gasteiger partial charge >= 0.3 is 0 Å². The van der Waals surface area contributed by atoms with Gasteiger partial charge in [-0.2, -0.15) is 0 Å². The molecule has 0 heterocycles. The van der Waals surface area contributed by atoms with Crippen molar-refractivity contribution in [3.8, 4) is 0 Å². The fourth-order valence-corrected chi connectivity index (χ4v) is 2.08. The zero-order valence-electron chi connectivity index (χ0n) is 9.78. The molecule has 1 N–H and O–H groups in total. The molecule has 0 aromatic heterocycles. The summed E-state index contributed by atoms with van der Waals surface area (Å²) >= 11 is 11.7. The van der Waals surface area contributed by atoms with Gasteiger partial charge in [0.15, 0.2) is 5.78 Å². The molecule has 1 aromatic carbocycles. The normalized spacial score (nSPS) is 12.8. The second-order valence-electron chi connectivity index (χ2n) is 4.09. The first-order valence-electron chi connectivity index (χ1n) is 5.25. The molecule has 0 saturated carbocycles. The number of benzene rings is 1. The number of ketones is 1. The Bertz CT molecular complexity index is 407. The van der Waals surface area contributed by atoms with Crippen LogP contribution in [0.1, 0.15) is 17.3 Å². The van der Waals surface area contributed by atoms with E-state index in [2.05, 4.69) is 0 Å². The number of hydrogen-bond acceptors (Lipinski definition) is 3. The lowest BCUT2D eigenvalue weighted by molar-refractivity contribution is 0.0901. The van der Waals surface area contributed by atoms with Crippen LogP contribution in [0.15, 0.2) is 18.2 Å². The van der Waals surface area contributed by atoms with E-state index in [4.69, 9.17) is 23.2 Å². The summed E-state index contributed by atoms with van der Waals surface area (Å²) in [4.78, 5) is 13.7. The van der Waals surface area contributed by atoms with Crippen LogP contribution in [0.5, 0.6) is 0 Å². The molecule has 17 heavy (non-hydrogen) atoms. The minimum absolute atomic E-state index is 0.0881. The molecule has 94 valence electrons. The SMILES string of the molecule is CC(O)CN(C)CC(=O)c1ccc(Cl)cc1Cl. The molecule has 0 bridgehead atoms. The molecule has 1 atom stereocenters. The molecule has 0 aliphatic heterocycles. The zero-order valence-corrected chi connectivity index (χ0v) is 11.3. The average molecular weight is 276 g/mol. The molecule has 5 heteroatoms. The summed E-state index contributed by atoms with van der Waals surface area (Å²) in [6.45, 7) is 2.33. The lowest BCUT2D eigenvalue weighted by atomic mass is 10.1. The predicted molar refractivity (Wildman–Crippen MR) is 70.0 cm³/mol. The molecule has 0 radical (unpaired) electrons. The molecule has 1 unspecified atom stereocenters. The monoisotopic (exact) mass is 275 g/mol. The van der Waals surface area contributed by atoms with Crippen LogP contribution in [-0.2, 0) is 0 Å². The van der Waals surface area contributed by atoms with Crippen molar-refractivity contribution in [1.82, 2.24) is 4.90 Å². The topological polar surface area (TPSA) is 40.5 Å². The van der Waals surface area contributed by atoms with Crippen molar-refractivity contribution in [2.75, 3.05) is 20.1 Å². The molecule has 0 aliphatic rings. The summed E-state index contributed by atoms with van der Waals surface area (Å²) in [6, 6.07) is 4.80. The van der Waals surface area contributed by atoms with Crippen LogP contribution >= 0.6 is 23.2 Å². The predicted octanol–water partition coefficient (Wildman–Crippen LogP) is 2.49. The zero-order chi connectivity index (χ0) is 13.0. The smallest absolute Gasteiger partial charge is 0.178 e. The van der Waals surface area contributed by atoms with Crippen molar-refractivity contribution in [3.05, 3.63) is 33.8 Å². The molecule has 0 aliphatic carbocycles. The van der Waals surface area contributed by atoms with Gasteiger partial charge in [-0.3, -0.25) is 9.69 Å². The summed E-state index contributed by atoms with van der Waals surface area (Å²) in [7, 11) is 1.77. The largest absolute Gasteiger partial charge is 0.392 e.